The number of rotatable bonds is 5. The van der Waals surface area contributed by atoms with Crippen LogP contribution in [0.25, 0.3) is 0 Å². The molecule has 2 heteroatoms. The maximum Gasteiger partial charge on any atom is 0.0498 e. The summed E-state index contributed by atoms with van der Waals surface area (Å²) >= 11 is 0. The van der Waals surface area contributed by atoms with Crippen molar-refractivity contribution in [2.45, 2.75) is 19.9 Å². The third-order valence-electron chi connectivity index (χ3n) is 3.84. The van der Waals surface area contributed by atoms with Crippen molar-refractivity contribution in [3.63, 3.8) is 0 Å². The van der Waals surface area contributed by atoms with Crippen LogP contribution in [-0.4, -0.2) is 20.6 Å². The van der Waals surface area contributed by atoms with Gasteiger partial charge >= 0.3 is 0 Å². The molecule has 2 aromatic rings. The highest BCUT2D eigenvalue weighted by Crippen LogP contribution is 2.21. The Bertz CT molecular complexity index is 546. The number of benzene rings is 2. The molecule has 0 aliphatic heterocycles. The van der Waals surface area contributed by atoms with Crippen LogP contribution in [-0.2, 0) is 0 Å². The first-order valence-corrected chi connectivity index (χ1v) is 7.12. The van der Waals surface area contributed by atoms with Gasteiger partial charge in [-0.05, 0) is 44.2 Å². The van der Waals surface area contributed by atoms with Crippen molar-refractivity contribution >= 4 is 5.69 Å². The number of hydrogen-bond donors (Lipinski definition) is 1. The first-order chi connectivity index (χ1) is 9.61. The minimum absolute atomic E-state index is 0.336. The lowest BCUT2D eigenvalue weighted by molar-refractivity contribution is 0.587. The minimum Gasteiger partial charge on any atom is -0.373 e. The predicted molar refractivity (Wildman–Crippen MR) is 87.4 cm³/mol. The fourth-order valence-electron chi connectivity index (χ4n) is 2.50. The molecule has 1 atom stereocenters. The maximum absolute atomic E-state index is 3.43. The molecule has 2 rings (SSSR count). The molecule has 106 valence electrons. The highest BCUT2D eigenvalue weighted by Gasteiger charge is 2.14. The van der Waals surface area contributed by atoms with E-state index >= 15 is 0 Å². The molecule has 1 N–H and O–H groups in total. The summed E-state index contributed by atoms with van der Waals surface area (Å²) < 4.78 is 0. The van der Waals surface area contributed by atoms with Crippen LogP contribution in [0.2, 0.25) is 0 Å². The zero-order chi connectivity index (χ0) is 14.5. The second-order valence-electron chi connectivity index (χ2n) is 5.41. The maximum atomic E-state index is 3.43. The van der Waals surface area contributed by atoms with Crippen LogP contribution in [0.1, 0.15) is 22.7 Å². The molecule has 0 saturated heterocycles. The van der Waals surface area contributed by atoms with Crippen LogP contribution in [0.5, 0.6) is 0 Å². The normalized spacial score (nSPS) is 12.2. The van der Waals surface area contributed by atoms with Crippen LogP contribution < -0.4 is 10.2 Å². The first-order valence-electron chi connectivity index (χ1n) is 7.12. The largest absolute Gasteiger partial charge is 0.373 e. The zero-order valence-corrected chi connectivity index (χ0v) is 12.9. The first kappa shape index (κ1) is 14.6. The SMILES string of the molecule is CNC(CN(C)c1ccc(C)cc1)c1ccccc1C. The van der Waals surface area contributed by atoms with Crippen LogP contribution in [0.3, 0.4) is 0 Å². The highest BCUT2D eigenvalue weighted by atomic mass is 15.1. The summed E-state index contributed by atoms with van der Waals surface area (Å²) in [6.07, 6.45) is 0. The lowest BCUT2D eigenvalue weighted by Gasteiger charge is -2.27. The standard InChI is InChI=1S/C18H24N2/c1-14-9-11-16(12-10-14)20(4)13-18(19-3)17-8-6-5-7-15(17)2/h5-12,18-19H,13H2,1-4H3. The van der Waals surface area contributed by atoms with Crippen molar-refractivity contribution in [3.05, 3.63) is 65.2 Å². The number of hydrogen-bond acceptors (Lipinski definition) is 2. The molecule has 0 bridgehead atoms. The quantitative estimate of drug-likeness (QED) is 0.889. The van der Waals surface area contributed by atoms with Gasteiger partial charge < -0.3 is 10.2 Å². The Morgan fingerprint density at radius 3 is 2.25 bits per heavy atom. The molecule has 0 saturated carbocycles. The van der Waals surface area contributed by atoms with E-state index in [1.807, 2.05) is 7.05 Å². The Kier molecular flexibility index (Phi) is 4.80. The fourth-order valence-corrected chi connectivity index (χ4v) is 2.50. The van der Waals surface area contributed by atoms with Gasteiger partial charge in [-0.25, -0.2) is 0 Å². The van der Waals surface area contributed by atoms with Crippen molar-refractivity contribution in [1.29, 1.82) is 0 Å². The van der Waals surface area contributed by atoms with Gasteiger partial charge in [0, 0.05) is 25.3 Å². The molecule has 0 aromatic heterocycles. The van der Waals surface area contributed by atoms with Crippen molar-refractivity contribution in [3.8, 4) is 0 Å². The monoisotopic (exact) mass is 268 g/mol. The van der Waals surface area contributed by atoms with E-state index < -0.39 is 0 Å². The molecule has 20 heavy (non-hydrogen) atoms. The number of nitrogens with one attached hydrogen (secondary N) is 1. The smallest absolute Gasteiger partial charge is 0.0498 e. The van der Waals surface area contributed by atoms with Crippen LogP contribution in [0.4, 0.5) is 5.69 Å². The average molecular weight is 268 g/mol. The zero-order valence-electron chi connectivity index (χ0n) is 12.9. The van der Waals surface area contributed by atoms with Gasteiger partial charge in [0.05, 0.1) is 0 Å². The van der Waals surface area contributed by atoms with Gasteiger partial charge in [-0.1, -0.05) is 42.0 Å². The Labute approximate surface area is 122 Å². The topological polar surface area (TPSA) is 15.3 Å². The van der Waals surface area contributed by atoms with Crippen molar-refractivity contribution in [1.82, 2.24) is 5.32 Å². The summed E-state index contributed by atoms with van der Waals surface area (Å²) in [6, 6.07) is 17.6. The van der Waals surface area contributed by atoms with Gasteiger partial charge in [0.2, 0.25) is 0 Å². The van der Waals surface area contributed by atoms with Gasteiger partial charge in [0.1, 0.15) is 0 Å². The number of anilines is 1. The molecule has 1 unspecified atom stereocenters. The molecule has 0 aliphatic rings. The molecule has 0 heterocycles. The van der Waals surface area contributed by atoms with E-state index in [4.69, 9.17) is 0 Å². The molecular formula is C18H24N2. The Morgan fingerprint density at radius 2 is 1.65 bits per heavy atom. The summed E-state index contributed by atoms with van der Waals surface area (Å²) in [5.74, 6) is 0. The fraction of sp³-hybridized carbons (Fsp3) is 0.333. The third-order valence-corrected chi connectivity index (χ3v) is 3.84. The van der Waals surface area contributed by atoms with E-state index in [-0.39, 0.29) is 0 Å². The van der Waals surface area contributed by atoms with E-state index in [0.717, 1.165) is 6.54 Å². The molecule has 0 aliphatic carbocycles. The van der Waals surface area contributed by atoms with Crippen LogP contribution in [0, 0.1) is 13.8 Å². The van der Waals surface area contributed by atoms with E-state index in [1.165, 1.54) is 22.4 Å². The van der Waals surface area contributed by atoms with Gasteiger partial charge in [-0.15, -0.1) is 0 Å². The second kappa shape index (κ2) is 6.58. The molecule has 0 amide bonds. The van der Waals surface area contributed by atoms with Crippen LogP contribution >= 0.6 is 0 Å². The average Bonchev–Trinajstić information content (AvgIpc) is 2.46. The molecule has 2 nitrogen and oxygen atoms in total. The van der Waals surface area contributed by atoms with E-state index in [1.54, 1.807) is 0 Å². The van der Waals surface area contributed by atoms with Gasteiger partial charge in [0.15, 0.2) is 0 Å². The van der Waals surface area contributed by atoms with E-state index in [2.05, 4.69) is 79.6 Å². The summed E-state index contributed by atoms with van der Waals surface area (Å²) in [6.45, 7) is 5.24. The summed E-state index contributed by atoms with van der Waals surface area (Å²) in [5, 5.41) is 3.43. The number of aryl methyl sites for hydroxylation is 2. The second-order valence-corrected chi connectivity index (χ2v) is 5.41. The highest BCUT2D eigenvalue weighted by molar-refractivity contribution is 5.47. The van der Waals surface area contributed by atoms with Gasteiger partial charge in [-0.2, -0.15) is 0 Å². The molecule has 2 aromatic carbocycles. The third kappa shape index (κ3) is 3.40. The lowest BCUT2D eigenvalue weighted by Crippen LogP contribution is -2.31. The molecule has 0 spiro atoms. The summed E-state index contributed by atoms with van der Waals surface area (Å²) in [5.41, 5.74) is 5.26. The molecular weight excluding hydrogens is 244 g/mol. The Hall–Kier alpha value is -1.80. The van der Waals surface area contributed by atoms with Gasteiger partial charge in [0.25, 0.3) is 0 Å². The van der Waals surface area contributed by atoms with E-state index in [9.17, 15) is 0 Å². The molecule has 0 radical (unpaired) electrons. The Balaban J connectivity index is 2.14. The van der Waals surface area contributed by atoms with Crippen LogP contribution in [0.15, 0.2) is 48.5 Å². The minimum atomic E-state index is 0.336. The predicted octanol–water partition coefficient (Wildman–Crippen LogP) is 3.70. The van der Waals surface area contributed by atoms with Gasteiger partial charge in [-0.3, -0.25) is 0 Å². The summed E-state index contributed by atoms with van der Waals surface area (Å²) in [7, 11) is 4.17. The van der Waals surface area contributed by atoms with Crippen molar-refractivity contribution in [2.75, 3.05) is 25.5 Å². The van der Waals surface area contributed by atoms with Crippen molar-refractivity contribution < 1.29 is 0 Å². The van der Waals surface area contributed by atoms with E-state index in [0.29, 0.717) is 6.04 Å². The van der Waals surface area contributed by atoms with Crippen molar-refractivity contribution in [2.24, 2.45) is 0 Å². The number of nitrogens with zero attached hydrogens (tertiary/aromatic N) is 1. The molecule has 0 fully saturated rings. The summed E-state index contributed by atoms with van der Waals surface area (Å²) in [4.78, 5) is 2.30. The lowest BCUT2D eigenvalue weighted by atomic mass is 10.0. The number of likely N-dealkylation sites (N-methyl/N-ethyl adjacent to an activating group) is 2. The Morgan fingerprint density at radius 1 is 1.00 bits per heavy atom.